The van der Waals surface area contributed by atoms with Crippen LogP contribution >= 0.6 is 0 Å². The first-order valence-corrected chi connectivity index (χ1v) is 10.0. The number of rotatable bonds is 6. The minimum atomic E-state index is 0.0444. The average Bonchev–Trinajstić information content (AvgIpc) is 2.75. The summed E-state index contributed by atoms with van der Waals surface area (Å²) in [4.78, 5) is 13.1. The van der Waals surface area contributed by atoms with Crippen LogP contribution < -0.4 is 10.3 Å². The van der Waals surface area contributed by atoms with Crippen LogP contribution in [0.3, 0.4) is 0 Å². The van der Waals surface area contributed by atoms with Gasteiger partial charge in [0, 0.05) is 29.1 Å². The maximum atomic E-state index is 13.1. The Morgan fingerprint density at radius 2 is 1.55 bits per heavy atom. The van der Waals surface area contributed by atoms with Crippen molar-refractivity contribution in [3.63, 3.8) is 0 Å². The molecule has 0 unspecified atom stereocenters. The average molecular weight is 383 g/mol. The number of hydrogen-bond donors (Lipinski definition) is 0. The van der Waals surface area contributed by atoms with Gasteiger partial charge in [0.05, 0.1) is 0 Å². The van der Waals surface area contributed by atoms with Gasteiger partial charge in [-0.1, -0.05) is 74.5 Å². The summed E-state index contributed by atoms with van der Waals surface area (Å²) < 4.78 is 7.85. The van der Waals surface area contributed by atoms with Gasteiger partial charge in [-0.2, -0.15) is 0 Å². The Labute approximate surface area is 171 Å². The summed E-state index contributed by atoms with van der Waals surface area (Å²) in [6.45, 7) is 5.44. The van der Waals surface area contributed by atoms with E-state index in [1.807, 2.05) is 77.5 Å². The lowest BCUT2D eigenvalue weighted by Crippen LogP contribution is -2.22. The monoisotopic (exact) mass is 383 g/mol. The molecule has 0 radical (unpaired) electrons. The molecule has 146 valence electrons. The zero-order valence-electron chi connectivity index (χ0n) is 16.8. The van der Waals surface area contributed by atoms with Crippen molar-refractivity contribution in [1.29, 1.82) is 0 Å². The third-order valence-corrected chi connectivity index (χ3v) is 4.95. The van der Waals surface area contributed by atoms with Crippen LogP contribution in [0.25, 0.3) is 21.9 Å². The second-order valence-corrected chi connectivity index (χ2v) is 7.74. The molecule has 0 atom stereocenters. The van der Waals surface area contributed by atoms with E-state index in [1.165, 1.54) is 0 Å². The molecule has 3 aromatic carbocycles. The Hall–Kier alpha value is -3.33. The van der Waals surface area contributed by atoms with Gasteiger partial charge < -0.3 is 9.30 Å². The maximum Gasteiger partial charge on any atom is 0.258 e. The first-order chi connectivity index (χ1) is 14.1. The molecule has 0 aliphatic rings. The summed E-state index contributed by atoms with van der Waals surface area (Å²) in [5, 5.41) is 1.64. The van der Waals surface area contributed by atoms with E-state index in [9.17, 15) is 4.79 Å². The predicted molar refractivity (Wildman–Crippen MR) is 119 cm³/mol. The largest absolute Gasteiger partial charge is 0.489 e. The van der Waals surface area contributed by atoms with Crippen LogP contribution in [0, 0.1) is 5.92 Å². The van der Waals surface area contributed by atoms with E-state index >= 15 is 0 Å². The van der Waals surface area contributed by atoms with Crippen molar-refractivity contribution in [2.24, 2.45) is 5.92 Å². The molecule has 0 aliphatic carbocycles. The summed E-state index contributed by atoms with van der Waals surface area (Å²) in [5.74, 6) is 1.15. The van der Waals surface area contributed by atoms with E-state index in [1.54, 1.807) is 0 Å². The van der Waals surface area contributed by atoms with E-state index in [0.29, 0.717) is 19.1 Å². The fourth-order valence-corrected chi connectivity index (χ4v) is 3.58. The Morgan fingerprint density at radius 3 is 2.24 bits per heavy atom. The van der Waals surface area contributed by atoms with Gasteiger partial charge in [-0.15, -0.1) is 0 Å². The highest BCUT2D eigenvalue weighted by Gasteiger charge is 2.12. The maximum absolute atomic E-state index is 13.1. The number of fused-ring (bicyclic) bond motifs is 1. The van der Waals surface area contributed by atoms with Crippen LogP contribution in [0.5, 0.6) is 5.75 Å². The quantitative estimate of drug-likeness (QED) is 0.415. The Balaban J connectivity index is 1.80. The Bertz CT molecular complexity index is 1160. The summed E-state index contributed by atoms with van der Waals surface area (Å²) in [6, 6.07) is 26.1. The lowest BCUT2D eigenvalue weighted by molar-refractivity contribution is 0.306. The van der Waals surface area contributed by atoms with Gasteiger partial charge in [0.25, 0.3) is 5.56 Å². The summed E-state index contributed by atoms with van der Waals surface area (Å²) in [7, 11) is 0. The number of ether oxygens (including phenoxy) is 1. The molecule has 0 saturated heterocycles. The highest BCUT2D eigenvalue weighted by molar-refractivity contribution is 5.96. The summed E-state index contributed by atoms with van der Waals surface area (Å²) >= 11 is 0. The predicted octanol–water partition coefficient (Wildman–Crippen LogP) is 5.90. The van der Waals surface area contributed by atoms with Gasteiger partial charge in [-0.05, 0) is 35.2 Å². The molecular formula is C26H25NO2. The van der Waals surface area contributed by atoms with Crippen LogP contribution in [0.15, 0.2) is 89.9 Å². The van der Waals surface area contributed by atoms with Crippen molar-refractivity contribution >= 4 is 10.8 Å². The minimum absolute atomic E-state index is 0.0444. The highest BCUT2D eigenvalue weighted by Crippen LogP contribution is 2.30. The molecule has 0 amide bonds. The highest BCUT2D eigenvalue weighted by atomic mass is 16.5. The fraction of sp³-hybridized carbons (Fsp3) is 0.192. The smallest absolute Gasteiger partial charge is 0.258 e. The van der Waals surface area contributed by atoms with Gasteiger partial charge in [0.1, 0.15) is 12.4 Å². The van der Waals surface area contributed by atoms with E-state index in [2.05, 4.69) is 26.0 Å². The first kappa shape index (κ1) is 19.0. The minimum Gasteiger partial charge on any atom is -0.489 e. The number of pyridine rings is 1. The van der Waals surface area contributed by atoms with Crippen molar-refractivity contribution in [1.82, 2.24) is 4.57 Å². The van der Waals surface area contributed by atoms with E-state index in [-0.39, 0.29) is 5.56 Å². The number of nitrogens with zero attached hydrogens (tertiary/aromatic N) is 1. The molecule has 29 heavy (non-hydrogen) atoms. The zero-order chi connectivity index (χ0) is 20.2. The van der Waals surface area contributed by atoms with Crippen LogP contribution in [-0.2, 0) is 13.2 Å². The molecule has 0 bridgehead atoms. The van der Waals surface area contributed by atoms with Gasteiger partial charge in [0.2, 0.25) is 0 Å². The topological polar surface area (TPSA) is 31.2 Å². The van der Waals surface area contributed by atoms with Gasteiger partial charge in [0.15, 0.2) is 0 Å². The lowest BCUT2D eigenvalue weighted by atomic mass is 10.00. The van der Waals surface area contributed by atoms with E-state index in [4.69, 9.17) is 4.74 Å². The van der Waals surface area contributed by atoms with Crippen molar-refractivity contribution < 1.29 is 4.74 Å². The van der Waals surface area contributed by atoms with Crippen molar-refractivity contribution in [2.45, 2.75) is 27.0 Å². The Morgan fingerprint density at radius 1 is 0.862 bits per heavy atom. The SMILES string of the molecule is CC(C)Cn1cc(-c2ccccc2)c2cc(OCc3ccccc3)ccc2c1=O. The van der Waals surface area contributed by atoms with Crippen molar-refractivity contribution in [3.05, 3.63) is 101 Å². The second kappa shape index (κ2) is 8.36. The molecule has 0 spiro atoms. The molecule has 4 rings (SSSR count). The fourth-order valence-electron chi connectivity index (χ4n) is 3.58. The third kappa shape index (κ3) is 4.24. The number of aromatic nitrogens is 1. The van der Waals surface area contributed by atoms with Gasteiger partial charge in [-0.3, -0.25) is 4.79 Å². The van der Waals surface area contributed by atoms with Crippen LogP contribution in [-0.4, -0.2) is 4.57 Å². The molecule has 1 aromatic heterocycles. The van der Waals surface area contributed by atoms with Crippen molar-refractivity contribution in [2.75, 3.05) is 0 Å². The summed E-state index contributed by atoms with van der Waals surface area (Å²) in [6.07, 6.45) is 1.99. The van der Waals surface area contributed by atoms with Gasteiger partial charge >= 0.3 is 0 Å². The van der Waals surface area contributed by atoms with Crippen LogP contribution in [0.1, 0.15) is 19.4 Å². The molecule has 1 heterocycles. The lowest BCUT2D eigenvalue weighted by Gasteiger charge is -2.15. The molecular weight excluding hydrogens is 358 g/mol. The number of hydrogen-bond acceptors (Lipinski definition) is 2. The zero-order valence-corrected chi connectivity index (χ0v) is 16.8. The first-order valence-electron chi connectivity index (χ1n) is 10.0. The summed E-state index contributed by atoms with van der Waals surface area (Å²) in [5.41, 5.74) is 3.30. The molecule has 0 N–H and O–H groups in total. The van der Waals surface area contributed by atoms with E-state index in [0.717, 1.165) is 33.2 Å². The molecule has 3 heteroatoms. The molecule has 4 aromatic rings. The second-order valence-electron chi connectivity index (χ2n) is 7.74. The van der Waals surface area contributed by atoms with Crippen LogP contribution in [0.2, 0.25) is 0 Å². The Kier molecular flexibility index (Phi) is 5.48. The van der Waals surface area contributed by atoms with E-state index < -0.39 is 0 Å². The molecule has 0 saturated carbocycles. The normalized spacial score (nSPS) is 11.1. The van der Waals surface area contributed by atoms with Crippen molar-refractivity contribution in [3.8, 4) is 16.9 Å². The standard InChI is InChI=1S/C26H25NO2/c1-19(2)16-27-17-25(21-11-7-4-8-12-21)24-15-22(13-14-23(24)26(27)28)29-18-20-9-5-3-6-10-20/h3-15,17,19H,16,18H2,1-2H3. The molecule has 3 nitrogen and oxygen atoms in total. The number of benzene rings is 3. The molecule has 0 fully saturated rings. The molecule has 0 aliphatic heterocycles. The van der Waals surface area contributed by atoms with Crippen LogP contribution in [0.4, 0.5) is 0 Å². The third-order valence-electron chi connectivity index (χ3n) is 4.95. The van der Waals surface area contributed by atoms with Gasteiger partial charge in [-0.25, -0.2) is 0 Å².